The van der Waals surface area contributed by atoms with Crippen LogP contribution in [-0.4, -0.2) is 46.6 Å². The number of aliphatic hydroxyl groups excluding tert-OH is 1. The molecule has 0 aliphatic heterocycles. The van der Waals surface area contributed by atoms with Gasteiger partial charge in [0.1, 0.15) is 6.61 Å². The number of aryl methyl sites for hydroxylation is 2. The molecule has 166 valence electrons. The molecular formula is C20H22N2O9. The van der Waals surface area contributed by atoms with Crippen LogP contribution in [0.4, 0.5) is 15.3 Å². The molecule has 1 N–H and O–H groups in total. The summed E-state index contributed by atoms with van der Waals surface area (Å²) in [5.41, 5.74) is 0.926. The highest BCUT2D eigenvalue weighted by Gasteiger charge is 2.26. The Morgan fingerprint density at radius 2 is 1.61 bits per heavy atom. The largest absolute Gasteiger partial charge is 0.514 e. The van der Waals surface area contributed by atoms with Crippen molar-refractivity contribution in [2.45, 2.75) is 33.8 Å². The van der Waals surface area contributed by atoms with Crippen LogP contribution in [0.15, 0.2) is 24.3 Å². The summed E-state index contributed by atoms with van der Waals surface area (Å²) in [5.74, 6) is -0.121. The Kier molecular flexibility index (Phi) is 7.86. The fourth-order valence-electron chi connectivity index (χ4n) is 2.62. The molecule has 11 nitrogen and oxygen atoms in total. The highest BCUT2D eigenvalue weighted by Crippen LogP contribution is 2.42. The monoisotopic (exact) mass is 434 g/mol. The second-order valence-corrected chi connectivity index (χ2v) is 6.56. The number of pyridine rings is 1. The van der Waals surface area contributed by atoms with Crippen LogP contribution in [-0.2, 0) is 9.47 Å². The summed E-state index contributed by atoms with van der Waals surface area (Å²) in [6.07, 6.45) is -2.55. The lowest BCUT2D eigenvalue weighted by Crippen LogP contribution is -2.18. The number of ether oxygens (including phenoxy) is 4. The van der Waals surface area contributed by atoms with Crippen LogP contribution in [0.25, 0.3) is 11.1 Å². The number of hydrogen-bond acceptors (Lipinski definition) is 10. The number of benzene rings is 1. The zero-order chi connectivity index (χ0) is 23.1. The van der Waals surface area contributed by atoms with Crippen molar-refractivity contribution in [2.75, 3.05) is 13.2 Å². The van der Waals surface area contributed by atoms with Crippen molar-refractivity contribution in [1.82, 2.24) is 4.98 Å². The lowest BCUT2D eigenvalue weighted by atomic mass is 10.0. The van der Waals surface area contributed by atoms with Gasteiger partial charge < -0.3 is 24.1 Å². The first-order chi connectivity index (χ1) is 14.6. The minimum Gasteiger partial charge on any atom is -0.432 e. The number of hydrogen-bond donors (Lipinski definition) is 1. The Bertz CT molecular complexity index is 972. The number of carbonyl (C=O) groups excluding carboxylic acids is 2. The smallest absolute Gasteiger partial charge is 0.432 e. The molecule has 0 spiro atoms. The molecule has 0 bridgehead atoms. The van der Waals surface area contributed by atoms with E-state index in [0.717, 1.165) is 0 Å². The van der Waals surface area contributed by atoms with E-state index in [1.807, 2.05) is 0 Å². The standard InChI is InChI=1S/C20H22N2O9/c1-11(2)29-20(25)31-18-13(4)21-12(3)17(30-19(24)28-10-9-23)16(18)14-5-7-15(8-6-14)22(26)27/h5-8,11,23H,9-10H2,1-4H3. The summed E-state index contributed by atoms with van der Waals surface area (Å²) < 4.78 is 20.4. The molecule has 0 aliphatic carbocycles. The van der Waals surface area contributed by atoms with Crippen molar-refractivity contribution >= 4 is 18.0 Å². The minimum atomic E-state index is -1.11. The van der Waals surface area contributed by atoms with Gasteiger partial charge in [0, 0.05) is 12.1 Å². The normalized spacial score (nSPS) is 10.5. The van der Waals surface area contributed by atoms with Crippen molar-refractivity contribution in [1.29, 1.82) is 0 Å². The third-order valence-corrected chi connectivity index (χ3v) is 3.83. The number of carbonyl (C=O) groups is 2. The van der Waals surface area contributed by atoms with E-state index < -0.39 is 29.9 Å². The van der Waals surface area contributed by atoms with E-state index in [0.29, 0.717) is 11.3 Å². The van der Waals surface area contributed by atoms with Gasteiger partial charge in [-0.1, -0.05) is 0 Å². The second-order valence-electron chi connectivity index (χ2n) is 6.56. The van der Waals surface area contributed by atoms with E-state index in [-0.39, 0.29) is 35.1 Å². The Morgan fingerprint density at radius 1 is 1.06 bits per heavy atom. The van der Waals surface area contributed by atoms with E-state index in [9.17, 15) is 19.7 Å². The summed E-state index contributed by atoms with van der Waals surface area (Å²) >= 11 is 0. The fraction of sp³-hybridized carbons (Fsp3) is 0.350. The number of rotatable bonds is 7. The van der Waals surface area contributed by atoms with Crippen LogP contribution < -0.4 is 9.47 Å². The van der Waals surface area contributed by atoms with Gasteiger partial charge in [-0.25, -0.2) is 9.59 Å². The third-order valence-electron chi connectivity index (χ3n) is 3.83. The number of non-ortho nitro benzene ring substituents is 1. The van der Waals surface area contributed by atoms with Gasteiger partial charge in [-0.3, -0.25) is 15.1 Å². The maximum absolute atomic E-state index is 12.1. The topological polar surface area (TPSA) is 147 Å². The molecule has 1 aromatic heterocycles. The molecule has 0 radical (unpaired) electrons. The van der Waals surface area contributed by atoms with Gasteiger partial charge in [-0.15, -0.1) is 0 Å². The van der Waals surface area contributed by atoms with Crippen molar-refractivity contribution in [3.05, 3.63) is 45.8 Å². The Balaban J connectivity index is 2.62. The summed E-state index contributed by atoms with van der Waals surface area (Å²) in [5, 5.41) is 19.8. The number of aromatic nitrogens is 1. The molecule has 2 aromatic rings. The average Bonchev–Trinajstić information content (AvgIpc) is 2.69. The lowest BCUT2D eigenvalue weighted by Gasteiger charge is -2.18. The van der Waals surface area contributed by atoms with Gasteiger partial charge in [-0.2, -0.15) is 0 Å². The molecule has 0 unspecified atom stereocenters. The highest BCUT2D eigenvalue weighted by molar-refractivity contribution is 5.83. The number of nitrogens with zero attached hydrogens (tertiary/aromatic N) is 2. The molecule has 0 amide bonds. The number of nitro benzene ring substituents is 1. The highest BCUT2D eigenvalue weighted by atomic mass is 16.7. The van der Waals surface area contributed by atoms with Gasteiger partial charge >= 0.3 is 12.3 Å². The summed E-state index contributed by atoms with van der Waals surface area (Å²) in [4.78, 5) is 38.8. The first-order valence-electron chi connectivity index (χ1n) is 9.24. The van der Waals surface area contributed by atoms with E-state index >= 15 is 0 Å². The Morgan fingerprint density at radius 3 is 2.10 bits per heavy atom. The van der Waals surface area contributed by atoms with Crippen molar-refractivity contribution in [3.63, 3.8) is 0 Å². The summed E-state index contributed by atoms with van der Waals surface area (Å²) in [6, 6.07) is 5.34. The van der Waals surface area contributed by atoms with Crippen LogP contribution in [0.3, 0.4) is 0 Å². The fourth-order valence-corrected chi connectivity index (χ4v) is 2.62. The molecule has 1 heterocycles. The number of aliphatic hydroxyl groups is 1. The van der Waals surface area contributed by atoms with Crippen LogP contribution in [0.2, 0.25) is 0 Å². The molecule has 1 aromatic carbocycles. The maximum Gasteiger partial charge on any atom is 0.514 e. The maximum atomic E-state index is 12.1. The van der Waals surface area contributed by atoms with E-state index in [2.05, 4.69) is 4.98 Å². The predicted octanol–water partition coefficient (Wildman–Crippen LogP) is 3.71. The molecule has 0 saturated heterocycles. The molecule has 0 saturated carbocycles. The molecule has 31 heavy (non-hydrogen) atoms. The zero-order valence-electron chi connectivity index (χ0n) is 17.4. The van der Waals surface area contributed by atoms with Crippen LogP contribution in [0.5, 0.6) is 11.5 Å². The third kappa shape index (κ3) is 6.12. The van der Waals surface area contributed by atoms with E-state index in [4.69, 9.17) is 24.1 Å². The second kappa shape index (κ2) is 10.3. The van der Waals surface area contributed by atoms with Crippen LogP contribution in [0, 0.1) is 24.0 Å². The van der Waals surface area contributed by atoms with E-state index in [1.165, 1.54) is 24.3 Å². The zero-order valence-corrected chi connectivity index (χ0v) is 17.4. The molecule has 2 rings (SSSR count). The van der Waals surface area contributed by atoms with Gasteiger partial charge in [-0.05, 0) is 45.4 Å². The predicted molar refractivity (Wildman–Crippen MR) is 107 cm³/mol. The van der Waals surface area contributed by atoms with Crippen molar-refractivity contribution in [2.24, 2.45) is 0 Å². The van der Waals surface area contributed by atoms with Crippen molar-refractivity contribution < 1.29 is 38.6 Å². The van der Waals surface area contributed by atoms with Gasteiger partial charge in [0.25, 0.3) is 5.69 Å². The number of nitro groups is 1. The molecule has 11 heteroatoms. The van der Waals surface area contributed by atoms with Gasteiger partial charge in [0.2, 0.25) is 0 Å². The Labute approximate surface area is 177 Å². The molecule has 0 aliphatic rings. The van der Waals surface area contributed by atoms with Gasteiger partial charge in [0.05, 0.1) is 34.6 Å². The minimum absolute atomic E-state index is 0.0462. The van der Waals surface area contributed by atoms with Crippen molar-refractivity contribution in [3.8, 4) is 22.6 Å². The van der Waals surface area contributed by atoms with E-state index in [1.54, 1.807) is 27.7 Å². The van der Waals surface area contributed by atoms with Crippen LogP contribution >= 0.6 is 0 Å². The lowest BCUT2D eigenvalue weighted by molar-refractivity contribution is -0.384. The summed E-state index contributed by atoms with van der Waals surface area (Å²) in [6.45, 7) is 5.74. The van der Waals surface area contributed by atoms with Crippen LogP contribution in [0.1, 0.15) is 25.2 Å². The Hall–Kier alpha value is -3.73. The van der Waals surface area contributed by atoms with Gasteiger partial charge in [0.15, 0.2) is 11.5 Å². The first kappa shape index (κ1) is 23.5. The first-order valence-corrected chi connectivity index (χ1v) is 9.24. The summed E-state index contributed by atoms with van der Waals surface area (Å²) in [7, 11) is 0. The molecule has 0 atom stereocenters. The average molecular weight is 434 g/mol. The SMILES string of the molecule is Cc1nc(C)c(OC(=O)OC(C)C)c(-c2ccc([N+](=O)[O-])cc2)c1OC(=O)OCCO. The quantitative estimate of drug-likeness (QED) is 0.388. The molecular weight excluding hydrogens is 412 g/mol. The molecule has 0 fully saturated rings.